The number of rotatable bonds is 4. The van der Waals surface area contributed by atoms with E-state index >= 15 is 0 Å². The molecule has 1 atom stereocenters. The highest BCUT2D eigenvalue weighted by atomic mass is 32.2. The third-order valence-corrected chi connectivity index (χ3v) is 4.12. The molecule has 0 fully saturated rings. The molecule has 0 aliphatic rings. The van der Waals surface area contributed by atoms with Crippen molar-refractivity contribution >= 4 is 15.8 Å². The molecule has 0 aromatic carbocycles. The first-order chi connectivity index (χ1) is 8.88. The van der Waals surface area contributed by atoms with Crippen molar-refractivity contribution in [2.75, 3.05) is 5.73 Å². The number of nitrogen functional groups attached to an aromatic ring is 1. The topological polar surface area (TPSA) is 98.2 Å². The van der Waals surface area contributed by atoms with Gasteiger partial charge in [0.2, 0.25) is 10.0 Å². The number of nitrogens with zero attached hydrogens (tertiary/aromatic N) is 1. The molecule has 7 heteroatoms. The Morgan fingerprint density at radius 1 is 1.32 bits per heavy atom. The first-order valence-corrected chi connectivity index (χ1v) is 7.17. The van der Waals surface area contributed by atoms with Crippen molar-refractivity contribution in [2.45, 2.75) is 24.8 Å². The Labute approximate surface area is 111 Å². The quantitative estimate of drug-likeness (QED) is 0.887. The summed E-state index contributed by atoms with van der Waals surface area (Å²) < 4.78 is 32.1. The summed E-state index contributed by atoms with van der Waals surface area (Å²) in [4.78, 5) is 3.83. The zero-order chi connectivity index (χ0) is 14.0. The Balaban J connectivity index is 2.19. The third kappa shape index (κ3) is 3.12. The summed E-state index contributed by atoms with van der Waals surface area (Å²) in [6.45, 7) is 3.51. The largest absolute Gasteiger partial charge is 0.465 e. The Hall–Kier alpha value is -1.86. The Morgan fingerprint density at radius 3 is 2.58 bits per heavy atom. The van der Waals surface area contributed by atoms with Crippen molar-refractivity contribution in [3.8, 4) is 0 Å². The second-order valence-electron chi connectivity index (χ2n) is 4.21. The number of furan rings is 1. The highest BCUT2D eigenvalue weighted by Gasteiger charge is 2.20. The van der Waals surface area contributed by atoms with Crippen molar-refractivity contribution < 1.29 is 12.8 Å². The van der Waals surface area contributed by atoms with Gasteiger partial charge in [0.1, 0.15) is 22.2 Å². The minimum atomic E-state index is -3.64. The molecule has 0 saturated carbocycles. The first kappa shape index (κ1) is 13.6. The SMILES string of the molecule is Cc1ccc(C(C)NS(=O)(=O)c2ccc(N)nc2)o1. The molecule has 0 bridgehead atoms. The lowest BCUT2D eigenvalue weighted by Crippen LogP contribution is -2.26. The van der Waals surface area contributed by atoms with Gasteiger partial charge in [0, 0.05) is 6.20 Å². The predicted octanol–water partition coefficient (Wildman–Crippen LogP) is 1.60. The lowest BCUT2D eigenvalue weighted by atomic mass is 10.3. The molecule has 0 radical (unpaired) electrons. The number of aryl methyl sites for hydroxylation is 1. The fraction of sp³-hybridized carbons (Fsp3) is 0.250. The van der Waals surface area contributed by atoms with Crippen molar-refractivity contribution in [3.05, 3.63) is 42.0 Å². The minimum Gasteiger partial charge on any atom is -0.465 e. The number of pyridine rings is 1. The summed E-state index contributed by atoms with van der Waals surface area (Å²) in [6, 6.07) is 5.91. The highest BCUT2D eigenvalue weighted by molar-refractivity contribution is 7.89. The molecule has 0 amide bonds. The zero-order valence-corrected chi connectivity index (χ0v) is 11.4. The maximum atomic E-state index is 12.1. The number of nitrogens with two attached hydrogens (primary N) is 1. The van der Waals surface area contributed by atoms with Gasteiger partial charge < -0.3 is 10.2 Å². The Kier molecular flexibility index (Phi) is 3.59. The molecule has 1 unspecified atom stereocenters. The molecule has 3 N–H and O–H groups in total. The van der Waals surface area contributed by atoms with E-state index in [1.54, 1.807) is 26.0 Å². The maximum absolute atomic E-state index is 12.1. The van der Waals surface area contributed by atoms with Crippen LogP contribution in [-0.4, -0.2) is 13.4 Å². The lowest BCUT2D eigenvalue weighted by Gasteiger charge is -2.12. The van der Waals surface area contributed by atoms with Crippen molar-refractivity contribution in [1.29, 1.82) is 0 Å². The van der Waals surface area contributed by atoms with Crippen LogP contribution in [0.4, 0.5) is 5.82 Å². The van der Waals surface area contributed by atoms with Crippen LogP contribution in [0.25, 0.3) is 0 Å². The van der Waals surface area contributed by atoms with Crippen LogP contribution in [0.1, 0.15) is 24.5 Å². The van der Waals surface area contributed by atoms with Crippen molar-refractivity contribution in [3.63, 3.8) is 0 Å². The average Bonchev–Trinajstić information content (AvgIpc) is 2.76. The van der Waals surface area contributed by atoms with E-state index in [-0.39, 0.29) is 10.7 Å². The minimum absolute atomic E-state index is 0.0665. The van der Waals surface area contributed by atoms with Gasteiger partial charge >= 0.3 is 0 Å². The van der Waals surface area contributed by atoms with E-state index < -0.39 is 16.1 Å². The van der Waals surface area contributed by atoms with E-state index in [0.717, 1.165) is 5.76 Å². The maximum Gasteiger partial charge on any atom is 0.242 e. The summed E-state index contributed by atoms with van der Waals surface area (Å²) in [5.41, 5.74) is 5.42. The molecule has 6 nitrogen and oxygen atoms in total. The van der Waals surface area contributed by atoms with E-state index in [0.29, 0.717) is 5.76 Å². The van der Waals surface area contributed by atoms with Crippen LogP contribution in [0.3, 0.4) is 0 Å². The monoisotopic (exact) mass is 281 g/mol. The van der Waals surface area contributed by atoms with E-state index in [1.807, 2.05) is 0 Å². The molecule has 19 heavy (non-hydrogen) atoms. The lowest BCUT2D eigenvalue weighted by molar-refractivity contribution is 0.441. The number of nitrogens with one attached hydrogen (secondary N) is 1. The molecule has 0 spiro atoms. The summed E-state index contributed by atoms with van der Waals surface area (Å²) in [6.07, 6.45) is 1.22. The van der Waals surface area contributed by atoms with Crippen LogP contribution in [0, 0.1) is 6.92 Å². The number of aromatic nitrogens is 1. The number of hydrogen-bond acceptors (Lipinski definition) is 5. The van der Waals surface area contributed by atoms with Crippen LogP contribution < -0.4 is 10.5 Å². The highest BCUT2D eigenvalue weighted by Crippen LogP contribution is 2.18. The smallest absolute Gasteiger partial charge is 0.242 e. The average molecular weight is 281 g/mol. The molecule has 2 aromatic rings. The fourth-order valence-electron chi connectivity index (χ4n) is 1.60. The van der Waals surface area contributed by atoms with E-state index in [2.05, 4.69) is 9.71 Å². The number of hydrogen-bond donors (Lipinski definition) is 2. The molecule has 0 aliphatic carbocycles. The summed E-state index contributed by atoms with van der Waals surface area (Å²) in [5.74, 6) is 1.56. The van der Waals surface area contributed by atoms with Gasteiger partial charge in [-0.2, -0.15) is 0 Å². The van der Waals surface area contributed by atoms with Crippen molar-refractivity contribution in [2.24, 2.45) is 0 Å². The normalized spacial score (nSPS) is 13.4. The molecule has 102 valence electrons. The van der Waals surface area contributed by atoms with E-state index in [4.69, 9.17) is 10.2 Å². The van der Waals surface area contributed by atoms with Gasteiger partial charge in [0.25, 0.3) is 0 Å². The van der Waals surface area contributed by atoms with Gasteiger partial charge in [-0.1, -0.05) is 0 Å². The molecule has 0 saturated heterocycles. The van der Waals surface area contributed by atoms with Crippen molar-refractivity contribution in [1.82, 2.24) is 9.71 Å². The van der Waals surface area contributed by atoms with Crippen LogP contribution in [0.15, 0.2) is 39.8 Å². The van der Waals surface area contributed by atoms with Gasteiger partial charge in [-0.15, -0.1) is 0 Å². The van der Waals surface area contributed by atoms with Crippen LogP contribution in [-0.2, 0) is 10.0 Å². The molecular weight excluding hydrogens is 266 g/mol. The number of sulfonamides is 1. The van der Waals surface area contributed by atoms with E-state index in [9.17, 15) is 8.42 Å². The molecular formula is C12H15N3O3S. The zero-order valence-electron chi connectivity index (χ0n) is 10.6. The van der Waals surface area contributed by atoms with Crippen LogP contribution >= 0.6 is 0 Å². The summed E-state index contributed by atoms with van der Waals surface area (Å²) >= 11 is 0. The third-order valence-electron chi connectivity index (χ3n) is 2.59. The second kappa shape index (κ2) is 5.02. The Morgan fingerprint density at radius 2 is 2.05 bits per heavy atom. The summed E-state index contributed by atoms with van der Waals surface area (Å²) in [5, 5.41) is 0. The standard InChI is InChI=1S/C12H15N3O3S/c1-8-3-5-11(18-8)9(2)15-19(16,17)10-4-6-12(13)14-7-10/h3-7,9,15H,1-2H3,(H2,13,14). The van der Waals surface area contributed by atoms with Gasteiger partial charge in [-0.05, 0) is 38.1 Å². The van der Waals surface area contributed by atoms with Gasteiger partial charge in [-0.3, -0.25) is 0 Å². The summed E-state index contributed by atoms with van der Waals surface area (Å²) in [7, 11) is -3.64. The molecule has 2 rings (SSSR count). The fourth-order valence-corrected chi connectivity index (χ4v) is 2.75. The number of anilines is 1. The van der Waals surface area contributed by atoms with E-state index in [1.165, 1.54) is 18.3 Å². The van der Waals surface area contributed by atoms with Crippen LogP contribution in [0.5, 0.6) is 0 Å². The van der Waals surface area contributed by atoms with Gasteiger partial charge in [0.15, 0.2) is 0 Å². The molecule has 2 heterocycles. The molecule has 0 aliphatic heterocycles. The van der Waals surface area contributed by atoms with Gasteiger partial charge in [-0.25, -0.2) is 18.1 Å². The van der Waals surface area contributed by atoms with Gasteiger partial charge in [0.05, 0.1) is 6.04 Å². The Bertz CT molecular complexity index is 662. The molecule has 2 aromatic heterocycles. The second-order valence-corrected chi connectivity index (χ2v) is 5.92. The van der Waals surface area contributed by atoms with Crippen LogP contribution in [0.2, 0.25) is 0 Å². The first-order valence-electron chi connectivity index (χ1n) is 5.69. The predicted molar refractivity (Wildman–Crippen MR) is 70.8 cm³/mol.